The molecular weight excluding hydrogens is 1430 g/mol. The monoisotopic (exact) mass is 1530 g/mol. The number of amides is 2. The number of aliphatic hydroxyl groups excluding tert-OH is 2. The van der Waals surface area contributed by atoms with Crippen molar-refractivity contribution in [2.75, 3.05) is 39.5 Å². The molecule has 3 aromatic heterocycles. The smallest absolute Gasteiger partial charge is 0.410 e. The first-order valence-electron chi connectivity index (χ1n) is 37.8. The number of carbonyl (C=O) groups is 2. The van der Waals surface area contributed by atoms with Crippen LogP contribution in [0.2, 0.25) is 18.1 Å². The third kappa shape index (κ3) is 20.2. The highest BCUT2D eigenvalue weighted by Crippen LogP contribution is 2.45. The van der Waals surface area contributed by atoms with Gasteiger partial charge >= 0.3 is 12.2 Å². The molecule has 3 atom stereocenters. The van der Waals surface area contributed by atoms with Gasteiger partial charge in [-0.2, -0.15) is 30.7 Å². The van der Waals surface area contributed by atoms with Crippen LogP contribution in [0.4, 0.5) is 9.59 Å². The van der Waals surface area contributed by atoms with E-state index in [0.717, 1.165) is 64.6 Å². The first-order chi connectivity index (χ1) is 52.7. The van der Waals surface area contributed by atoms with Gasteiger partial charge in [-0.3, -0.25) is 9.80 Å². The molecule has 0 saturated carbocycles. The fraction of sp³-hybridized carbons (Fsp3) is 0.447. The molecule has 0 saturated heterocycles. The Morgan fingerprint density at radius 1 is 0.523 bits per heavy atom. The van der Waals surface area contributed by atoms with Crippen LogP contribution in [0, 0.1) is 34.0 Å². The lowest BCUT2D eigenvalue weighted by atomic mass is 10.0. The Morgan fingerprint density at radius 3 is 1.23 bits per heavy atom. The fourth-order valence-electron chi connectivity index (χ4n) is 13.4. The molecule has 111 heavy (non-hydrogen) atoms. The van der Waals surface area contributed by atoms with Crippen molar-refractivity contribution in [2.45, 2.75) is 208 Å². The SMILES string of the molecule is CC(C)Oc1ccc(-c2nc(-c3cccc4c3CC[C@@H]4N(CCO)C(=O)OC(C)(C)C)no2)cc1C#N.CC(C)Oc1ccc(-c2nc(-c3cccc4c3CC[C@@H]4N(CCO[Si](C)(C)C(C)(C)C)C(=O)OC(C)(C)C)no2)cc1C#N.CC(C)Oc1ccc(-c2nc(-c3cccc4c3CC[C@@H]4NCCO)no2)cc1C#N. The second-order valence-electron chi connectivity index (χ2n) is 31.9. The molecule has 0 unspecified atom stereocenters. The lowest BCUT2D eigenvalue weighted by Gasteiger charge is -2.38. The van der Waals surface area contributed by atoms with Crippen molar-refractivity contribution in [1.29, 1.82) is 15.8 Å². The van der Waals surface area contributed by atoms with Gasteiger partial charge in [-0.05, 0) is 228 Å². The summed E-state index contributed by atoms with van der Waals surface area (Å²) >= 11 is 0. The third-order valence-corrected chi connectivity index (χ3v) is 23.9. The molecule has 9 aromatic rings. The van der Waals surface area contributed by atoms with E-state index >= 15 is 0 Å². The summed E-state index contributed by atoms with van der Waals surface area (Å²) in [6.45, 7) is 35.2. The maximum absolute atomic E-state index is 13.5. The van der Waals surface area contributed by atoms with Gasteiger partial charge in [-0.15, -0.1) is 0 Å². The van der Waals surface area contributed by atoms with Crippen LogP contribution < -0.4 is 19.5 Å². The third-order valence-electron chi connectivity index (χ3n) is 19.3. The van der Waals surface area contributed by atoms with E-state index in [2.05, 4.69) is 95.0 Å². The number of hydrogen-bond donors (Lipinski definition) is 3. The number of hydrogen-bond acceptors (Lipinski definition) is 23. The molecule has 3 aliphatic carbocycles. The summed E-state index contributed by atoms with van der Waals surface area (Å²) in [5.74, 6) is 3.96. The maximum Gasteiger partial charge on any atom is 0.410 e. The Kier molecular flexibility index (Phi) is 26.4. The van der Waals surface area contributed by atoms with Crippen molar-refractivity contribution >= 4 is 20.5 Å². The Balaban J connectivity index is 0.000000180. The number of nitrogens with one attached hydrogen (secondary N) is 1. The summed E-state index contributed by atoms with van der Waals surface area (Å²) in [6, 6.07) is 40.0. The lowest BCUT2D eigenvalue weighted by Crippen LogP contribution is -2.45. The maximum atomic E-state index is 13.5. The largest absolute Gasteiger partial charge is 0.490 e. The molecular formula is C85H102N12O13Si. The number of fused-ring (bicyclic) bond motifs is 3. The molecule has 0 radical (unpaired) electrons. The van der Waals surface area contributed by atoms with Crippen LogP contribution in [0.25, 0.3) is 68.5 Å². The van der Waals surface area contributed by atoms with E-state index in [1.165, 1.54) is 11.1 Å². The number of ether oxygens (including phenoxy) is 5. The summed E-state index contributed by atoms with van der Waals surface area (Å²) in [5, 5.41) is 63.5. The van der Waals surface area contributed by atoms with E-state index in [0.29, 0.717) is 118 Å². The Labute approximate surface area is 650 Å². The Morgan fingerprint density at radius 2 is 0.883 bits per heavy atom. The lowest BCUT2D eigenvalue weighted by molar-refractivity contribution is 0.0114. The number of aromatic nitrogens is 6. The first kappa shape index (κ1) is 82.7. The Hall–Kier alpha value is -10.8. The highest BCUT2D eigenvalue weighted by molar-refractivity contribution is 6.74. The van der Waals surface area contributed by atoms with Crippen LogP contribution in [-0.2, 0) is 33.2 Å². The van der Waals surface area contributed by atoms with Gasteiger partial charge in [0.15, 0.2) is 8.32 Å². The number of benzene rings is 6. The van der Waals surface area contributed by atoms with Crippen molar-refractivity contribution in [3.05, 3.63) is 159 Å². The number of carbonyl (C=O) groups excluding carboxylic acids is 2. The fourth-order valence-corrected chi connectivity index (χ4v) is 14.5. The van der Waals surface area contributed by atoms with E-state index in [1.807, 2.05) is 143 Å². The van der Waals surface area contributed by atoms with E-state index in [1.54, 1.807) is 47.4 Å². The van der Waals surface area contributed by atoms with Crippen molar-refractivity contribution < 1.29 is 61.5 Å². The minimum atomic E-state index is -1.99. The van der Waals surface area contributed by atoms with Crippen LogP contribution in [-0.4, -0.2) is 140 Å². The standard InChI is InChI=1S/C34H46N4O5Si.C28H32N4O5.C23H24N4O3/c1-22(2)41-29-17-14-23(20-24(29)21-35)31-36-30(37-43-31)27-13-11-12-26-25(27)15-16-28(26)38(32(39)42-33(3,4)5)18-19-40-44(9,10)34(6,7)8;1-17(2)35-24-12-9-18(15-19(24)16-29)26-30-25(31-37-26)22-8-6-7-21-20(22)10-11-23(21)32(13-14-33)27(34)36-28(3,4)5;1-14(2)29-21-9-6-15(12-16(21)13-24)23-26-22(27-30-23)19-5-3-4-18-17(19)7-8-20(18)25-10-11-28/h11-14,17,20,22,28H,15-16,18-19H2,1-10H3;6-9,12,15,17,23,33H,10-11,13-14H2,1-5H3;3-6,9,12,14,20,25,28H,7-8,10-11H2,1-2H3/t28-;23-;20-/m000/s1. The molecule has 0 bridgehead atoms. The van der Waals surface area contributed by atoms with Crippen molar-refractivity contribution in [1.82, 2.24) is 45.5 Å². The average Bonchev–Trinajstić information content (AvgIpc) is 1.64. The molecule has 0 spiro atoms. The van der Waals surface area contributed by atoms with Crippen molar-refractivity contribution in [3.8, 4) is 104 Å². The number of rotatable bonds is 23. The van der Waals surface area contributed by atoms with Crippen LogP contribution in [0.3, 0.4) is 0 Å². The van der Waals surface area contributed by atoms with Gasteiger partial charge in [0.05, 0.1) is 66.9 Å². The second-order valence-corrected chi connectivity index (χ2v) is 36.7. The summed E-state index contributed by atoms with van der Waals surface area (Å²) in [6.07, 6.45) is 3.87. The minimum Gasteiger partial charge on any atom is -0.490 e. The zero-order valence-corrected chi connectivity index (χ0v) is 67.6. The predicted molar refractivity (Wildman–Crippen MR) is 421 cm³/mol. The predicted octanol–water partition coefficient (Wildman–Crippen LogP) is 17.2. The second kappa shape index (κ2) is 35.5. The molecule has 3 heterocycles. The molecule has 2 amide bonds. The van der Waals surface area contributed by atoms with E-state index < -0.39 is 25.6 Å². The molecule has 3 N–H and O–H groups in total. The summed E-state index contributed by atoms with van der Waals surface area (Å²) in [4.78, 5) is 43.8. The molecule has 0 fully saturated rings. The van der Waals surface area contributed by atoms with Crippen LogP contribution in [0.15, 0.2) is 123 Å². The molecule has 0 aliphatic heterocycles. The molecule has 584 valence electrons. The van der Waals surface area contributed by atoms with Crippen LogP contribution in [0.1, 0.15) is 191 Å². The van der Waals surface area contributed by atoms with Crippen molar-refractivity contribution in [3.63, 3.8) is 0 Å². The number of nitrogens with zero attached hydrogens (tertiary/aromatic N) is 11. The zero-order chi connectivity index (χ0) is 80.3. The summed E-state index contributed by atoms with van der Waals surface area (Å²) < 4.78 is 51.8. The van der Waals surface area contributed by atoms with Gasteiger partial charge in [-0.25, -0.2) is 9.59 Å². The minimum absolute atomic E-state index is 0.0196. The topological polar surface area (TPSA) is 337 Å². The number of nitriles is 3. The molecule has 6 aromatic carbocycles. The van der Waals surface area contributed by atoms with Crippen LogP contribution in [0.5, 0.6) is 17.2 Å². The molecule has 12 rings (SSSR count). The molecule has 25 nitrogen and oxygen atoms in total. The van der Waals surface area contributed by atoms with E-state index in [9.17, 15) is 30.5 Å². The molecule has 3 aliphatic rings. The van der Waals surface area contributed by atoms with Gasteiger partial charge in [0.2, 0.25) is 17.5 Å². The highest BCUT2D eigenvalue weighted by atomic mass is 28.4. The normalized spacial score (nSPS) is 15.1. The quantitative estimate of drug-likeness (QED) is 0.0501. The zero-order valence-electron chi connectivity index (χ0n) is 66.6. The van der Waals surface area contributed by atoms with Gasteiger partial charge in [0, 0.05) is 59.1 Å². The van der Waals surface area contributed by atoms with Gasteiger partial charge in [0.25, 0.3) is 17.7 Å². The van der Waals surface area contributed by atoms with Crippen molar-refractivity contribution in [2.24, 2.45) is 0 Å². The van der Waals surface area contributed by atoms with Crippen LogP contribution >= 0.6 is 0 Å². The van der Waals surface area contributed by atoms with E-state index in [-0.39, 0.29) is 67.3 Å². The van der Waals surface area contributed by atoms with Gasteiger partial charge in [0.1, 0.15) is 46.7 Å². The highest BCUT2D eigenvalue weighted by Gasteiger charge is 2.41. The Bertz CT molecular complexity index is 4890. The average molecular weight is 1530 g/mol. The van der Waals surface area contributed by atoms with E-state index in [4.69, 9.17) is 51.8 Å². The first-order valence-corrected chi connectivity index (χ1v) is 40.7. The van der Waals surface area contributed by atoms with Gasteiger partial charge in [-0.1, -0.05) is 90.8 Å². The number of aliphatic hydroxyl groups is 2. The summed E-state index contributed by atoms with van der Waals surface area (Å²) in [7, 11) is -1.99. The molecule has 26 heteroatoms. The summed E-state index contributed by atoms with van der Waals surface area (Å²) in [5.41, 5.74) is 11.1. The van der Waals surface area contributed by atoms with Gasteiger partial charge < -0.3 is 57.2 Å².